The lowest BCUT2D eigenvalue weighted by atomic mass is 9.97. The molecule has 7 nitrogen and oxygen atoms in total. The Balaban J connectivity index is 1.33. The zero-order valence-electron chi connectivity index (χ0n) is 16.6. The number of halogens is 1. The monoisotopic (exact) mass is 430 g/mol. The van der Waals surface area contributed by atoms with Gasteiger partial charge in [-0.1, -0.05) is 0 Å². The second kappa shape index (κ2) is 7.24. The third-order valence-electron chi connectivity index (χ3n) is 5.97. The van der Waals surface area contributed by atoms with Gasteiger partial charge < -0.3 is 14.6 Å². The quantitative estimate of drug-likeness (QED) is 0.691. The molecule has 0 spiro atoms. The summed E-state index contributed by atoms with van der Waals surface area (Å²) < 4.78 is 47.0. The van der Waals surface area contributed by atoms with Gasteiger partial charge in [-0.15, -0.1) is 0 Å². The molecule has 9 heteroatoms. The number of imidazole rings is 1. The molecular weight excluding hydrogens is 407 g/mol. The van der Waals surface area contributed by atoms with Crippen LogP contribution in [0.15, 0.2) is 41.3 Å². The predicted octanol–water partition coefficient (Wildman–Crippen LogP) is 3.10. The molecule has 1 saturated heterocycles. The molecule has 0 saturated carbocycles. The van der Waals surface area contributed by atoms with E-state index < -0.39 is 10.0 Å². The molecule has 3 aromatic rings. The highest BCUT2D eigenvalue weighted by Gasteiger charge is 2.32. The summed E-state index contributed by atoms with van der Waals surface area (Å²) in [7, 11) is -1.65. The zero-order valence-corrected chi connectivity index (χ0v) is 17.5. The number of anilines is 1. The molecule has 0 radical (unpaired) electrons. The van der Waals surface area contributed by atoms with Crippen LogP contribution < -0.4 is 9.64 Å². The highest BCUT2D eigenvalue weighted by Crippen LogP contribution is 2.35. The number of nitrogens with one attached hydrogen (secondary N) is 1. The summed E-state index contributed by atoms with van der Waals surface area (Å²) in [6.45, 7) is 2.16. The summed E-state index contributed by atoms with van der Waals surface area (Å²) in [6.07, 6.45) is 1.32. The van der Waals surface area contributed by atoms with Crippen molar-refractivity contribution in [3.8, 4) is 5.75 Å². The lowest BCUT2D eigenvalue weighted by molar-refractivity contribution is 0.309. The standard InChI is InChI=1S/C21H23FN4O3S/c1-25-10-11-29-20-5-3-16(13-19(20)25)30(27,28)26-8-6-14(7-9-26)21-23-17-4-2-15(22)12-18(17)24-21/h2-5,12-14H,6-11H2,1H3,(H,23,24). The van der Waals surface area contributed by atoms with Gasteiger partial charge in [-0.05, 0) is 49.2 Å². The molecular formula is C21H23FN4O3S. The largest absolute Gasteiger partial charge is 0.490 e. The topological polar surface area (TPSA) is 78.5 Å². The van der Waals surface area contributed by atoms with E-state index in [-0.39, 0.29) is 16.6 Å². The van der Waals surface area contributed by atoms with Crippen LogP contribution in [-0.4, -0.2) is 56.0 Å². The molecule has 0 bridgehead atoms. The summed E-state index contributed by atoms with van der Waals surface area (Å²) in [6, 6.07) is 9.53. The molecule has 0 unspecified atom stereocenters. The van der Waals surface area contributed by atoms with E-state index in [0.29, 0.717) is 43.8 Å². The van der Waals surface area contributed by atoms with Crippen molar-refractivity contribution in [2.75, 3.05) is 38.2 Å². The van der Waals surface area contributed by atoms with Crippen LogP contribution in [0.2, 0.25) is 0 Å². The van der Waals surface area contributed by atoms with Gasteiger partial charge in [0.1, 0.15) is 24.0 Å². The number of aromatic nitrogens is 2. The number of aromatic amines is 1. The third kappa shape index (κ3) is 3.31. The molecule has 1 N–H and O–H groups in total. The lowest BCUT2D eigenvalue weighted by Crippen LogP contribution is -2.38. The Bertz CT molecular complexity index is 1200. The Labute approximate surface area is 174 Å². The fourth-order valence-electron chi connectivity index (χ4n) is 4.20. The van der Waals surface area contributed by atoms with Crippen LogP contribution in [0.5, 0.6) is 5.75 Å². The number of likely N-dealkylation sites (N-methyl/N-ethyl adjacent to an activating group) is 1. The summed E-state index contributed by atoms with van der Waals surface area (Å²) in [4.78, 5) is 10.1. The van der Waals surface area contributed by atoms with Gasteiger partial charge in [0.2, 0.25) is 10.0 Å². The van der Waals surface area contributed by atoms with Gasteiger partial charge in [-0.25, -0.2) is 17.8 Å². The first kappa shape index (κ1) is 19.3. The molecule has 2 aromatic carbocycles. The minimum Gasteiger partial charge on any atom is -0.490 e. The van der Waals surface area contributed by atoms with E-state index >= 15 is 0 Å². The van der Waals surface area contributed by atoms with Gasteiger partial charge in [0.15, 0.2) is 0 Å². The van der Waals surface area contributed by atoms with E-state index in [1.807, 2.05) is 11.9 Å². The van der Waals surface area contributed by atoms with Crippen molar-refractivity contribution < 1.29 is 17.5 Å². The fraction of sp³-hybridized carbons (Fsp3) is 0.381. The van der Waals surface area contributed by atoms with E-state index in [0.717, 1.165) is 23.6 Å². The second-order valence-corrected chi connectivity index (χ2v) is 9.80. The average molecular weight is 431 g/mol. The maximum Gasteiger partial charge on any atom is 0.243 e. The van der Waals surface area contributed by atoms with Crippen LogP contribution in [0.25, 0.3) is 11.0 Å². The molecule has 3 heterocycles. The van der Waals surface area contributed by atoms with Gasteiger partial charge in [0.25, 0.3) is 0 Å². The third-order valence-corrected chi connectivity index (χ3v) is 7.86. The minimum absolute atomic E-state index is 0.120. The molecule has 1 aromatic heterocycles. The molecule has 5 rings (SSSR count). The maximum absolute atomic E-state index is 13.4. The molecule has 0 amide bonds. The number of nitrogens with zero attached hydrogens (tertiary/aromatic N) is 3. The molecule has 2 aliphatic rings. The fourth-order valence-corrected chi connectivity index (χ4v) is 5.69. The number of hydrogen-bond donors (Lipinski definition) is 1. The molecule has 1 fully saturated rings. The molecule has 0 atom stereocenters. The minimum atomic E-state index is -3.58. The van der Waals surface area contributed by atoms with Gasteiger partial charge in [0.05, 0.1) is 28.2 Å². The smallest absolute Gasteiger partial charge is 0.243 e. The summed E-state index contributed by atoms with van der Waals surface area (Å²) in [5.74, 6) is 1.32. The van der Waals surface area contributed by atoms with Crippen LogP contribution in [0.4, 0.5) is 10.1 Å². The molecule has 30 heavy (non-hydrogen) atoms. The summed E-state index contributed by atoms with van der Waals surface area (Å²) in [5, 5.41) is 0. The zero-order chi connectivity index (χ0) is 20.9. The van der Waals surface area contributed by atoms with Crippen LogP contribution in [0.3, 0.4) is 0 Å². The van der Waals surface area contributed by atoms with Crippen molar-refractivity contribution in [2.45, 2.75) is 23.7 Å². The molecule has 158 valence electrons. The molecule has 0 aliphatic carbocycles. The van der Waals surface area contributed by atoms with Crippen LogP contribution in [0.1, 0.15) is 24.6 Å². The first-order chi connectivity index (χ1) is 14.4. The first-order valence-electron chi connectivity index (χ1n) is 10.0. The van der Waals surface area contributed by atoms with Crippen molar-refractivity contribution in [1.29, 1.82) is 0 Å². The number of fused-ring (bicyclic) bond motifs is 2. The Morgan fingerprint density at radius 2 is 1.93 bits per heavy atom. The number of H-pyrrole nitrogens is 1. The van der Waals surface area contributed by atoms with Crippen molar-refractivity contribution in [3.05, 3.63) is 48.0 Å². The highest BCUT2D eigenvalue weighted by molar-refractivity contribution is 7.89. The van der Waals surface area contributed by atoms with E-state index in [1.165, 1.54) is 16.4 Å². The highest BCUT2D eigenvalue weighted by atomic mass is 32.2. The van der Waals surface area contributed by atoms with Gasteiger partial charge in [-0.2, -0.15) is 4.31 Å². The van der Waals surface area contributed by atoms with E-state index in [1.54, 1.807) is 24.3 Å². The SMILES string of the molecule is CN1CCOc2ccc(S(=O)(=O)N3CCC(c4nc5ccc(F)cc5[nH]4)CC3)cc21. The Hall–Kier alpha value is -2.65. The van der Waals surface area contributed by atoms with E-state index in [4.69, 9.17) is 4.74 Å². The van der Waals surface area contributed by atoms with Crippen LogP contribution >= 0.6 is 0 Å². The average Bonchev–Trinajstić information content (AvgIpc) is 3.17. The number of benzene rings is 2. The molecule has 2 aliphatic heterocycles. The van der Waals surface area contributed by atoms with Crippen molar-refractivity contribution in [3.63, 3.8) is 0 Å². The lowest BCUT2D eigenvalue weighted by Gasteiger charge is -2.31. The van der Waals surface area contributed by atoms with Crippen LogP contribution in [0, 0.1) is 5.82 Å². The van der Waals surface area contributed by atoms with Crippen molar-refractivity contribution in [2.24, 2.45) is 0 Å². The first-order valence-corrected chi connectivity index (χ1v) is 11.5. The summed E-state index contributed by atoms with van der Waals surface area (Å²) in [5.41, 5.74) is 2.19. The second-order valence-electron chi connectivity index (χ2n) is 7.86. The normalized spacial score (nSPS) is 18.4. The van der Waals surface area contributed by atoms with E-state index in [2.05, 4.69) is 9.97 Å². The number of ether oxygens (including phenoxy) is 1. The number of rotatable bonds is 3. The Kier molecular flexibility index (Phi) is 4.67. The van der Waals surface area contributed by atoms with Gasteiger partial charge in [-0.3, -0.25) is 0 Å². The van der Waals surface area contributed by atoms with Crippen molar-refractivity contribution in [1.82, 2.24) is 14.3 Å². The predicted molar refractivity (Wildman–Crippen MR) is 112 cm³/mol. The number of hydrogen-bond acceptors (Lipinski definition) is 5. The summed E-state index contributed by atoms with van der Waals surface area (Å²) >= 11 is 0. The Morgan fingerprint density at radius 3 is 2.73 bits per heavy atom. The maximum atomic E-state index is 13.4. The number of sulfonamides is 1. The van der Waals surface area contributed by atoms with Crippen molar-refractivity contribution >= 4 is 26.7 Å². The number of piperidine rings is 1. The van der Waals surface area contributed by atoms with E-state index in [9.17, 15) is 12.8 Å². The van der Waals surface area contributed by atoms with Crippen LogP contribution in [-0.2, 0) is 10.0 Å². The Morgan fingerprint density at radius 1 is 1.13 bits per heavy atom. The van der Waals surface area contributed by atoms with Gasteiger partial charge >= 0.3 is 0 Å². The van der Waals surface area contributed by atoms with Gasteiger partial charge in [0, 0.05) is 26.1 Å².